The van der Waals surface area contributed by atoms with E-state index < -0.39 is 0 Å². The third kappa shape index (κ3) is 3.28. The Morgan fingerprint density at radius 1 is 1.30 bits per heavy atom. The summed E-state index contributed by atoms with van der Waals surface area (Å²) in [5, 5.41) is 0. The zero-order valence-electron chi connectivity index (χ0n) is 13.8. The smallest absolute Gasteiger partial charge is 0.261 e. The average molecular weight is 335 g/mol. The number of carbonyl (C=O) groups is 1. The number of fused-ring (bicyclic) bond motifs is 1. The number of amides is 1. The van der Waals surface area contributed by atoms with Gasteiger partial charge in [0.25, 0.3) is 5.91 Å². The topological polar surface area (TPSA) is 59.5 Å². The first-order valence-corrected chi connectivity index (χ1v) is 7.63. The minimum atomic E-state index is -0.0225. The van der Waals surface area contributed by atoms with Crippen LogP contribution in [-0.4, -0.2) is 12.5 Å². The summed E-state index contributed by atoms with van der Waals surface area (Å²) in [7, 11) is 0. The highest BCUT2D eigenvalue weighted by Crippen LogP contribution is 2.33. The molecule has 4 nitrogen and oxygen atoms in total. The number of furan rings is 1. The van der Waals surface area contributed by atoms with Gasteiger partial charge in [-0.3, -0.25) is 4.79 Å². The third-order valence-electron chi connectivity index (χ3n) is 4.19. The van der Waals surface area contributed by atoms with Crippen molar-refractivity contribution in [3.63, 3.8) is 0 Å². The fourth-order valence-electron chi connectivity index (χ4n) is 2.83. The van der Waals surface area contributed by atoms with Crippen molar-refractivity contribution < 1.29 is 9.21 Å². The van der Waals surface area contributed by atoms with Gasteiger partial charge in [-0.2, -0.15) is 0 Å². The SMILES string of the molecule is CC(C)(C)c1ccc2c(c1)CCN2C(=O)c1coc(CN)c1.Cl. The Hall–Kier alpha value is -1.78. The van der Waals surface area contributed by atoms with Crippen LogP contribution in [0.25, 0.3) is 0 Å². The Morgan fingerprint density at radius 3 is 2.65 bits per heavy atom. The quantitative estimate of drug-likeness (QED) is 0.911. The van der Waals surface area contributed by atoms with E-state index in [0.717, 1.165) is 12.1 Å². The molecule has 1 aliphatic rings. The monoisotopic (exact) mass is 334 g/mol. The van der Waals surface area contributed by atoms with E-state index in [2.05, 4.69) is 39.0 Å². The van der Waals surface area contributed by atoms with Gasteiger partial charge in [0.1, 0.15) is 12.0 Å². The first kappa shape index (κ1) is 17.6. The van der Waals surface area contributed by atoms with Crippen LogP contribution < -0.4 is 10.6 Å². The van der Waals surface area contributed by atoms with Crippen molar-refractivity contribution in [2.24, 2.45) is 5.73 Å². The lowest BCUT2D eigenvalue weighted by Gasteiger charge is -2.21. The summed E-state index contributed by atoms with van der Waals surface area (Å²) < 4.78 is 5.27. The predicted molar refractivity (Wildman–Crippen MR) is 94.4 cm³/mol. The lowest BCUT2D eigenvalue weighted by Crippen LogP contribution is -2.28. The molecule has 2 heterocycles. The molecule has 124 valence electrons. The van der Waals surface area contributed by atoms with E-state index in [4.69, 9.17) is 10.2 Å². The molecule has 0 bridgehead atoms. The maximum absolute atomic E-state index is 12.6. The Morgan fingerprint density at radius 2 is 2.04 bits per heavy atom. The van der Waals surface area contributed by atoms with Gasteiger partial charge in [0.2, 0.25) is 0 Å². The standard InChI is InChI=1S/C18H22N2O2.ClH/c1-18(2,3)14-4-5-16-12(8-14)6-7-20(16)17(21)13-9-15(10-19)22-11-13;/h4-5,8-9,11H,6-7,10,19H2,1-3H3;1H. The first-order chi connectivity index (χ1) is 10.4. The summed E-state index contributed by atoms with van der Waals surface area (Å²) in [6.07, 6.45) is 2.39. The molecule has 0 fully saturated rings. The molecule has 1 aromatic carbocycles. The minimum absolute atomic E-state index is 0. The molecule has 0 atom stereocenters. The molecule has 0 spiro atoms. The molecule has 2 N–H and O–H groups in total. The van der Waals surface area contributed by atoms with Gasteiger partial charge in [-0.05, 0) is 35.1 Å². The molecule has 0 radical (unpaired) electrons. The Kier molecular flexibility index (Phi) is 4.87. The van der Waals surface area contributed by atoms with Crippen molar-refractivity contribution in [1.29, 1.82) is 0 Å². The van der Waals surface area contributed by atoms with Crippen molar-refractivity contribution in [1.82, 2.24) is 0 Å². The fourth-order valence-corrected chi connectivity index (χ4v) is 2.83. The molecule has 3 rings (SSSR count). The fraction of sp³-hybridized carbons (Fsp3) is 0.389. The lowest BCUT2D eigenvalue weighted by molar-refractivity contribution is 0.0989. The molecule has 0 aliphatic carbocycles. The number of rotatable bonds is 2. The number of hydrogen-bond acceptors (Lipinski definition) is 3. The normalized spacial score (nSPS) is 13.7. The van der Waals surface area contributed by atoms with E-state index in [-0.39, 0.29) is 23.7 Å². The van der Waals surface area contributed by atoms with Crippen molar-refractivity contribution in [2.45, 2.75) is 39.2 Å². The molecule has 5 heteroatoms. The minimum Gasteiger partial charge on any atom is -0.467 e. The highest BCUT2D eigenvalue weighted by atomic mass is 35.5. The summed E-state index contributed by atoms with van der Waals surface area (Å²) in [5.74, 6) is 0.608. The van der Waals surface area contributed by atoms with Gasteiger partial charge >= 0.3 is 0 Å². The van der Waals surface area contributed by atoms with Crippen LogP contribution in [0.2, 0.25) is 0 Å². The third-order valence-corrected chi connectivity index (χ3v) is 4.19. The number of hydrogen-bond donors (Lipinski definition) is 1. The summed E-state index contributed by atoms with van der Waals surface area (Å²) in [5.41, 5.74) is 9.76. The second kappa shape index (κ2) is 6.38. The second-order valence-corrected chi connectivity index (χ2v) is 6.81. The van der Waals surface area contributed by atoms with Gasteiger partial charge in [-0.25, -0.2) is 0 Å². The van der Waals surface area contributed by atoms with Crippen molar-refractivity contribution in [2.75, 3.05) is 11.4 Å². The van der Waals surface area contributed by atoms with Crippen LogP contribution in [0.15, 0.2) is 34.9 Å². The van der Waals surface area contributed by atoms with Crippen LogP contribution in [0.3, 0.4) is 0 Å². The molecule has 23 heavy (non-hydrogen) atoms. The van der Waals surface area contributed by atoms with Gasteiger partial charge < -0.3 is 15.1 Å². The Bertz CT molecular complexity index is 716. The van der Waals surface area contributed by atoms with E-state index in [1.165, 1.54) is 17.4 Å². The van der Waals surface area contributed by atoms with Crippen molar-refractivity contribution in [3.05, 3.63) is 53.0 Å². The highest BCUT2D eigenvalue weighted by Gasteiger charge is 2.27. The van der Waals surface area contributed by atoms with Gasteiger partial charge in [0.15, 0.2) is 0 Å². The number of carbonyl (C=O) groups excluding carboxylic acids is 1. The lowest BCUT2D eigenvalue weighted by atomic mass is 9.86. The molecule has 0 unspecified atom stereocenters. The van der Waals surface area contributed by atoms with Crippen LogP contribution in [0.5, 0.6) is 0 Å². The summed E-state index contributed by atoms with van der Waals surface area (Å²) in [6, 6.07) is 8.13. The molecule has 0 saturated heterocycles. The van der Waals surface area contributed by atoms with Crippen molar-refractivity contribution in [3.8, 4) is 0 Å². The molecule has 1 amide bonds. The number of anilines is 1. The summed E-state index contributed by atoms with van der Waals surface area (Å²) >= 11 is 0. The molecule has 0 saturated carbocycles. The molecular formula is C18H23ClN2O2. The van der Waals surface area contributed by atoms with Gasteiger partial charge in [-0.15, -0.1) is 12.4 Å². The van der Waals surface area contributed by atoms with Crippen LogP contribution in [0.4, 0.5) is 5.69 Å². The van der Waals surface area contributed by atoms with Crippen LogP contribution in [0, 0.1) is 0 Å². The van der Waals surface area contributed by atoms with Gasteiger partial charge in [0, 0.05) is 12.2 Å². The highest BCUT2D eigenvalue weighted by molar-refractivity contribution is 6.07. The summed E-state index contributed by atoms with van der Waals surface area (Å²) in [6.45, 7) is 7.62. The summed E-state index contributed by atoms with van der Waals surface area (Å²) in [4.78, 5) is 14.5. The largest absolute Gasteiger partial charge is 0.467 e. The van der Waals surface area contributed by atoms with E-state index >= 15 is 0 Å². The van der Waals surface area contributed by atoms with Gasteiger partial charge in [0.05, 0.1) is 12.1 Å². The van der Waals surface area contributed by atoms with Crippen LogP contribution in [-0.2, 0) is 18.4 Å². The first-order valence-electron chi connectivity index (χ1n) is 7.63. The number of halogens is 1. The zero-order chi connectivity index (χ0) is 15.9. The van der Waals surface area contributed by atoms with E-state index in [0.29, 0.717) is 24.4 Å². The molecule has 2 aromatic rings. The van der Waals surface area contributed by atoms with E-state index in [9.17, 15) is 4.79 Å². The number of nitrogens with two attached hydrogens (primary N) is 1. The van der Waals surface area contributed by atoms with Gasteiger partial charge in [-0.1, -0.05) is 32.9 Å². The maximum atomic E-state index is 12.6. The van der Waals surface area contributed by atoms with E-state index in [1.54, 1.807) is 6.07 Å². The second-order valence-electron chi connectivity index (χ2n) is 6.81. The predicted octanol–water partition coefficient (Wildman–Crippen LogP) is 3.66. The number of nitrogens with zero attached hydrogens (tertiary/aromatic N) is 1. The van der Waals surface area contributed by atoms with Crippen LogP contribution in [0.1, 0.15) is 48.0 Å². The molecule has 1 aliphatic heterocycles. The maximum Gasteiger partial charge on any atom is 0.261 e. The number of benzene rings is 1. The average Bonchev–Trinajstić information content (AvgIpc) is 3.11. The van der Waals surface area contributed by atoms with Crippen LogP contribution >= 0.6 is 12.4 Å². The van der Waals surface area contributed by atoms with Crippen molar-refractivity contribution >= 4 is 24.0 Å². The molecular weight excluding hydrogens is 312 g/mol. The Balaban J connectivity index is 0.00000192. The van der Waals surface area contributed by atoms with E-state index in [1.807, 2.05) is 4.90 Å². The molecule has 1 aromatic heterocycles. The zero-order valence-corrected chi connectivity index (χ0v) is 14.6. The Labute approximate surface area is 143 Å².